The second-order valence-electron chi connectivity index (χ2n) is 4.24. The van der Waals surface area contributed by atoms with Crippen LogP contribution in [-0.2, 0) is 0 Å². The Balaban J connectivity index is 1.53. The van der Waals surface area contributed by atoms with Crippen molar-refractivity contribution in [3.63, 3.8) is 0 Å². The Kier molecular flexibility index (Phi) is 3.35. The van der Waals surface area contributed by atoms with E-state index in [4.69, 9.17) is 11.6 Å². The quantitative estimate of drug-likeness (QED) is 0.938. The Morgan fingerprint density at radius 2 is 2.26 bits per heavy atom. The smallest absolute Gasteiger partial charge is 0.261 e. The van der Waals surface area contributed by atoms with Crippen LogP contribution in [-0.4, -0.2) is 35.0 Å². The molecule has 2 aromatic rings. The molecule has 1 fully saturated rings. The molecule has 3 rings (SSSR count). The van der Waals surface area contributed by atoms with Crippen molar-refractivity contribution in [1.82, 2.24) is 15.3 Å². The number of thiophene rings is 1. The standard InChI is InChI=1S/C12H11ClN4OS/c13-10-2-1-9(19-10)12(18)16-8-6-17(7-8)11-5-14-3-4-15-11/h1-5,8H,6-7H2,(H,16,18). The van der Waals surface area contributed by atoms with E-state index in [0.29, 0.717) is 9.21 Å². The Morgan fingerprint density at radius 3 is 2.89 bits per heavy atom. The van der Waals surface area contributed by atoms with Crippen LogP contribution in [0.3, 0.4) is 0 Å². The second kappa shape index (κ2) is 5.14. The van der Waals surface area contributed by atoms with Crippen LogP contribution in [0.1, 0.15) is 9.67 Å². The maximum Gasteiger partial charge on any atom is 0.261 e. The van der Waals surface area contributed by atoms with Crippen molar-refractivity contribution in [2.24, 2.45) is 0 Å². The lowest BCUT2D eigenvalue weighted by atomic mass is 10.1. The molecule has 0 aliphatic carbocycles. The highest BCUT2D eigenvalue weighted by Gasteiger charge is 2.29. The number of anilines is 1. The van der Waals surface area contributed by atoms with Crippen LogP contribution in [0.5, 0.6) is 0 Å². The predicted molar refractivity (Wildman–Crippen MR) is 74.8 cm³/mol. The molecule has 3 heterocycles. The van der Waals surface area contributed by atoms with Gasteiger partial charge in [-0.1, -0.05) is 11.6 Å². The molecule has 5 nitrogen and oxygen atoms in total. The Hall–Kier alpha value is -1.66. The molecule has 0 spiro atoms. The summed E-state index contributed by atoms with van der Waals surface area (Å²) in [7, 11) is 0. The third-order valence-corrected chi connectivity index (χ3v) is 4.12. The number of halogens is 1. The SMILES string of the molecule is O=C(NC1CN(c2cnccn2)C1)c1ccc(Cl)s1. The van der Waals surface area contributed by atoms with Crippen LogP contribution in [0.15, 0.2) is 30.7 Å². The predicted octanol–water partition coefficient (Wildman–Crippen LogP) is 1.81. The van der Waals surface area contributed by atoms with Gasteiger partial charge in [-0.05, 0) is 12.1 Å². The molecule has 7 heteroatoms. The molecule has 2 aromatic heterocycles. The zero-order valence-electron chi connectivity index (χ0n) is 9.91. The Morgan fingerprint density at radius 1 is 1.42 bits per heavy atom. The number of aromatic nitrogens is 2. The Bertz CT molecular complexity index is 582. The minimum absolute atomic E-state index is 0.0688. The number of hydrogen-bond acceptors (Lipinski definition) is 5. The van der Waals surface area contributed by atoms with E-state index in [1.165, 1.54) is 11.3 Å². The number of rotatable bonds is 3. The molecular weight excluding hydrogens is 284 g/mol. The summed E-state index contributed by atoms with van der Waals surface area (Å²) in [5.41, 5.74) is 0. The third kappa shape index (κ3) is 2.69. The molecule has 19 heavy (non-hydrogen) atoms. The average Bonchev–Trinajstić information content (AvgIpc) is 2.81. The number of carbonyl (C=O) groups is 1. The van der Waals surface area contributed by atoms with Gasteiger partial charge in [-0.3, -0.25) is 9.78 Å². The van der Waals surface area contributed by atoms with E-state index in [2.05, 4.69) is 20.2 Å². The van der Waals surface area contributed by atoms with Gasteiger partial charge < -0.3 is 10.2 Å². The average molecular weight is 295 g/mol. The summed E-state index contributed by atoms with van der Waals surface area (Å²) in [5.74, 6) is 0.771. The van der Waals surface area contributed by atoms with Gasteiger partial charge in [0.05, 0.1) is 21.5 Å². The van der Waals surface area contributed by atoms with Gasteiger partial charge in [0, 0.05) is 25.5 Å². The van der Waals surface area contributed by atoms with Crippen LogP contribution in [0.2, 0.25) is 4.34 Å². The Labute approximate surface area is 119 Å². The molecule has 1 N–H and O–H groups in total. The van der Waals surface area contributed by atoms with Crippen molar-refractivity contribution >= 4 is 34.7 Å². The highest BCUT2D eigenvalue weighted by atomic mass is 35.5. The maximum absolute atomic E-state index is 11.9. The van der Waals surface area contributed by atoms with Gasteiger partial charge in [-0.25, -0.2) is 4.98 Å². The lowest BCUT2D eigenvalue weighted by Crippen LogP contribution is -2.59. The van der Waals surface area contributed by atoms with Crippen LogP contribution >= 0.6 is 22.9 Å². The molecule has 0 unspecified atom stereocenters. The van der Waals surface area contributed by atoms with E-state index in [9.17, 15) is 4.79 Å². The first-order chi connectivity index (χ1) is 9.22. The summed E-state index contributed by atoms with van der Waals surface area (Å²) in [4.78, 5) is 22.8. The highest BCUT2D eigenvalue weighted by molar-refractivity contribution is 7.17. The van der Waals surface area contributed by atoms with E-state index in [1.807, 2.05) is 0 Å². The first-order valence-corrected chi connectivity index (χ1v) is 6.99. The molecule has 0 bridgehead atoms. The molecule has 1 saturated heterocycles. The molecule has 0 aromatic carbocycles. The lowest BCUT2D eigenvalue weighted by Gasteiger charge is -2.40. The zero-order valence-corrected chi connectivity index (χ0v) is 11.5. The monoisotopic (exact) mass is 294 g/mol. The number of hydrogen-bond donors (Lipinski definition) is 1. The summed E-state index contributed by atoms with van der Waals surface area (Å²) >= 11 is 7.09. The van der Waals surface area contributed by atoms with Crippen molar-refractivity contribution < 1.29 is 4.79 Å². The van der Waals surface area contributed by atoms with Crippen LogP contribution in [0, 0.1) is 0 Å². The molecule has 98 valence electrons. The first kappa shape index (κ1) is 12.4. The minimum atomic E-state index is -0.0688. The summed E-state index contributed by atoms with van der Waals surface area (Å²) < 4.78 is 0.625. The van der Waals surface area contributed by atoms with Gasteiger partial charge in [0.15, 0.2) is 0 Å². The number of nitrogens with zero attached hydrogens (tertiary/aromatic N) is 3. The van der Waals surface area contributed by atoms with Crippen molar-refractivity contribution in [1.29, 1.82) is 0 Å². The van der Waals surface area contributed by atoms with Crippen molar-refractivity contribution in [3.05, 3.63) is 39.9 Å². The number of nitrogens with one attached hydrogen (secondary N) is 1. The fraction of sp³-hybridized carbons (Fsp3) is 0.250. The topological polar surface area (TPSA) is 58.1 Å². The van der Waals surface area contributed by atoms with E-state index in [1.54, 1.807) is 30.7 Å². The van der Waals surface area contributed by atoms with Crippen LogP contribution in [0.4, 0.5) is 5.82 Å². The van der Waals surface area contributed by atoms with Gasteiger partial charge in [0.2, 0.25) is 0 Å². The summed E-state index contributed by atoms with van der Waals surface area (Å²) in [6, 6.07) is 3.62. The third-order valence-electron chi connectivity index (χ3n) is 2.89. The summed E-state index contributed by atoms with van der Waals surface area (Å²) in [6.07, 6.45) is 5.02. The van der Waals surface area contributed by atoms with E-state index in [-0.39, 0.29) is 11.9 Å². The molecule has 0 saturated carbocycles. The normalized spacial score (nSPS) is 15.1. The summed E-state index contributed by atoms with van der Waals surface area (Å²) in [5, 5.41) is 2.97. The van der Waals surface area contributed by atoms with E-state index < -0.39 is 0 Å². The maximum atomic E-state index is 11.9. The molecule has 1 aliphatic rings. The molecule has 1 aliphatic heterocycles. The van der Waals surface area contributed by atoms with Crippen molar-refractivity contribution in [3.8, 4) is 0 Å². The van der Waals surface area contributed by atoms with Gasteiger partial charge in [0.25, 0.3) is 5.91 Å². The second-order valence-corrected chi connectivity index (χ2v) is 5.96. The van der Waals surface area contributed by atoms with Gasteiger partial charge in [-0.2, -0.15) is 0 Å². The molecule has 0 atom stereocenters. The van der Waals surface area contributed by atoms with Crippen molar-refractivity contribution in [2.75, 3.05) is 18.0 Å². The summed E-state index contributed by atoms with van der Waals surface area (Å²) in [6.45, 7) is 1.51. The number of carbonyl (C=O) groups excluding carboxylic acids is 1. The minimum Gasteiger partial charge on any atom is -0.351 e. The van der Waals surface area contributed by atoms with Crippen molar-refractivity contribution in [2.45, 2.75) is 6.04 Å². The first-order valence-electron chi connectivity index (χ1n) is 5.79. The van der Waals surface area contributed by atoms with Gasteiger partial charge in [0.1, 0.15) is 5.82 Å². The zero-order chi connectivity index (χ0) is 13.2. The van der Waals surface area contributed by atoms with E-state index in [0.717, 1.165) is 18.9 Å². The fourth-order valence-corrected chi connectivity index (χ4v) is 2.85. The van der Waals surface area contributed by atoms with Gasteiger partial charge in [-0.15, -0.1) is 11.3 Å². The largest absolute Gasteiger partial charge is 0.351 e. The van der Waals surface area contributed by atoms with E-state index >= 15 is 0 Å². The van der Waals surface area contributed by atoms with Gasteiger partial charge >= 0.3 is 0 Å². The van der Waals surface area contributed by atoms with Crippen LogP contribution in [0.25, 0.3) is 0 Å². The lowest BCUT2D eigenvalue weighted by molar-refractivity contribution is 0.0934. The van der Waals surface area contributed by atoms with Crippen LogP contribution < -0.4 is 10.2 Å². The number of amides is 1. The highest BCUT2D eigenvalue weighted by Crippen LogP contribution is 2.22. The molecule has 1 amide bonds. The fourth-order valence-electron chi connectivity index (χ4n) is 1.90. The molecular formula is C12H11ClN4OS. The molecule has 0 radical (unpaired) electrons.